The second-order valence-corrected chi connectivity index (χ2v) is 9.70. The predicted molar refractivity (Wildman–Crippen MR) is 107 cm³/mol. The van der Waals surface area contributed by atoms with Gasteiger partial charge in [-0.25, -0.2) is 17.9 Å². The summed E-state index contributed by atoms with van der Waals surface area (Å²) < 4.78 is 27.8. The molecule has 3 aliphatic rings. The smallest absolute Gasteiger partial charge is 0.324 e. The lowest BCUT2D eigenvalue weighted by molar-refractivity contribution is -0.134. The lowest BCUT2D eigenvalue weighted by Gasteiger charge is -2.34. The van der Waals surface area contributed by atoms with Crippen molar-refractivity contribution in [1.29, 1.82) is 0 Å². The van der Waals surface area contributed by atoms with Crippen molar-refractivity contribution in [3.8, 4) is 0 Å². The highest BCUT2D eigenvalue weighted by Gasteiger charge is 2.37. The van der Waals surface area contributed by atoms with Gasteiger partial charge in [-0.1, -0.05) is 6.07 Å². The molecule has 1 saturated heterocycles. The lowest BCUT2D eigenvalue weighted by Crippen LogP contribution is -2.53. The summed E-state index contributed by atoms with van der Waals surface area (Å²) in [6.45, 7) is 2.06. The number of nitrogens with zero attached hydrogens (tertiary/aromatic N) is 1. The zero-order valence-electron chi connectivity index (χ0n) is 16.2. The van der Waals surface area contributed by atoms with E-state index in [2.05, 4.69) is 16.1 Å². The number of rotatable bonds is 4. The molecular formula is C20H27N3O4S. The highest BCUT2D eigenvalue weighted by Crippen LogP contribution is 2.38. The molecule has 4 rings (SSSR count). The van der Waals surface area contributed by atoms with E-state index in [1.165, 1.54) is 16.0 Å². The van der Waals surface area contributed by atoms with Crippen LogP contribution in [-0.4, -0.2) is 37.2 Å². The SMILES string of the molecule is CCN1C(=O)CCCC1S(=O)(=O)NC(=O)Nc1c2c(cc3c1CCC3)CCC2. The summed E-state index contributed by atoms with van der Waals surface area (Å²) in [5.41, 5.74) is 5.65. The summed E-state index contributed by atoms with van der Waals surface area (Å²) in [5.74, 6) is -0.178. The average molecular weight is 406 g/mol. The topological polar surface area (TPSA) is 95.6 Å². The number of hydrogen-bond donors (Lipinski definition) is 2. The minimum atomic E-state index is -3.98. The molecule has 1 aromatic carbocycles. The van der Waals surface area contributed by atoms with Gasteiger partial charge in [0.05, 0.1) is 0 Å². The zero-order valence-corrected chi connectivity index (χ0v) is 17.0. The van der Waals surface area contributed by atoms with Crippen LogP contribution in [0.3, 0.4) is 0 Å². The highest BCUT2D eigenvalue weighted by molar-refractivity contribution is 7.90. The number of nitrogens with one attached hydrogen (secondary N) is 2. The van der Waals surface area contributed by atoms with E-state index in [1.807, 2.05) is 0 Å². The Bertz CT molecular complexity index is 894. The third-order valence-electron chi connectivity index (χ3n) is 6.16. The summed E-state index contributed by atoms with van der Waals surface area (Å²) in [7, 11) is -3.98. The van der Waals surface area contributed by atoms with Gasteiger partial charge < -0.3 is 10.2 Å². The van der Waals surface area contributed by atoms with E-state index in [1.54, 1.807) is 6.92 Å². The number of carbonyl (C=O) groups excluding carboxylic acids is 2. The molecule has 2 aliphatic carbocycles. The van der Waals surface area contributed by atoms with Gasteiger partial charge in [0.1, 0.15) is 0 Å². The van der Waals surface area contributed by atoms with Gasteiger partial charge in [0.15, 0.2) is 5.37 Å². The van der Waals surface area contributed by atoms with Crippen LogP contribution in [0.1, 0.15) is 61.3 Å². The summed E-state index contributed by atoms with van der Waals surface area (Å²) in [5, 5.41) is 1.86. The fourth-order valence-corrected chi connectivity index (χ4v) is 6.42. The van der Waals surface area contributed by atoms with Crippen LogP contribution >= 0.6 is 0 Å². The van der Waals surface area contributed by atoms with E-state index in [-0.39, 0.29) is 5.91 Å². The van der Waals surface area contributed by atoms with E-state index in [9.17, 15) is 18.0 Å². The maximum atomic E-state index is 12.8. The Morgan fingerprint density at radius 3 is 2.32 bits per heavy atom. The molecule has 0 bridgehead atoms. The Morgan fingerprint density at radius 2 is 1.71 bits per heavy atom. The number of fused-ring (bicyclic) bond motifs is 2. The number of urea groups is 1. The molecule has 1 atom stereocenters. The van der Waals surface area contributed by atoms with Crippen molar-refractivity contribution in [1.82, 2.24) is 9.62 Å². The number of sulfonamides is 1. The number of likely N-dealkylation sites (tertiary alicyclic amines) is 1. The van der Waals surface area contributed by atoms with Crippen molar-refractivity contribution in [2.24, 2.45) is 0 Å². The van der Waals surface area contributed by atoms with Gasteiger partial charge in [0, 0.05) is 18.7 Å². The van der Waals surface area contributed by atoms with Crippen molar-refractivity contribution in [2.45, 2.75) is 70.1 Å². The summed E-state index contributed by atoms with van der Waals surface area (Å²) in [6.07, 6.45) is 7.16. The number of amides is 3. The Balaban J connectivity index is 1.55. The molecule has 1 heterocycles. The molecule has 1 aliphatic heterocycles. The molecular weight excluding hydrogens is 378 g/mol. The number of carbonyl (C=O) groups is 2. The molecule has 1 fully saturated rings. The van der Waals surface area contributed by atoms with Crippen LogP contribution in [0.25, 0.3) is 0 Å². The molecule has 2 N–H and O–H groups in total. The number of aryl methyl sites for hydroxylation is 2. The van der Waals surface area contributed by atoms with Crippen molar-refractivity contribution >= 4 is 27.6 Å². The van der Waals surface area contributed by atoms with Gasteiger partial charge in [-0.15, -0.1) is 0 Å². The molecule has 8 heteroatoms. The Hall–Kier alpha value is -2.09. The second kappa shape index (κ2) is 7.39. The first-order chi connectivity index (χ1) is 13.4. The Kier molecular flexibility index (Phi) is 5.07. The van der Waals surface area contributed by atoms with E-state index in [0.717, 1.165) is 55.3 Å². The first kappa shape index (κ1) is 19.2. The Morgan fingerprint density at radius 1 is 1.07 bits per heavy atom. The first-order valence-electron chi connectivity index (χ1n) is 10.2. The van der Waals surface area contributed by atoms with Crippen molar-refractivity contribution in [3.05, 3.63) is 28.3 Å². The second-order valence-electron chi connectivity index (χ2n) is 7.86. The molecule has 28 heavy (non-hydrogen) atoms. The van der Waals surface area contributed by atoms with E-state index in [4.69, 9.17) is 0 Å². The van der Waals surface area contributed by atoms with Crippen LogP contribution in [0.15, 0.2) is 6.07 Å². The van der Waals surface area contributed by atoms with Gasteiger partial charge in [-0.2, -0.15) is 0 Å². The van der Waals surface area contributed by atoms with Gasteiger partial charge >= 0.3 is 6.03 Å². The molecule has 0 saturated carbocycles. The average Bonchev–Trinajstić information content (AvgIpc) is 3.29. The maximum Gasteiger partial charge on any atom is 0.332 e. The molecule has 0 aromatic heterocycles. The fraction of sp³-hybridized carbons (Fsp3) is 0.600. The third kappa shape index (κ3) is 3.38. The van der Waals surface area contributed by atoms with Crippen molar-refractivity contribution in [3.63, 3.8) is 0 Å². The van der Waals surface area contributed by atoms with Crippen molar-refractivity contribution in [2.75, 3.05) is 11.9 Å². The van der Waals surface area contributed by atoms with Crippen LogP contribution in [0, 0.1) is 0 Å². The molecule has 0 radical (unpaired) electrons. The van der Waals surface area contributed by atoms with Gasteiger partial charge in [-0.05, 0) is 80.5 Å². The molecule has 0 spiro atoms. The minimum Gasteiger partial charge on any atom is -0.324 e. The third-order valence-corrected chi connectivity index (χ3v) is 7.83. The fourth-order valence-electron chi connectivity index (χ4n) is 4.89. The number of anilines is 1. The Labute approximate surface area is 165 Å². The largest absolute Gasteiger partial charge is 0.332 e. The van der Waals surface area contributed by atoms with Crippen LogP contribution in [-0.2, 0) is 40.5 Å². The molecule has 3 amide bonds. The summed E-state index contributed by atoms with van der Waals surface area (Å²) in [4.78, 5) is 26.0. The molecule has 1 aromatic rings. The quantitative estimate of drug-likeness (QED) is 0.804. The molecule has 1 unspecified atom stereocenters. The molecule has 7 nitrogen and oxygen atoms in total. The van der Waals surface area contributed by atoms with Crippen LogP contribution < -0.4 is 10.0 Å². The van der Waals surface area contributed by atoms with Gasteiger partial charge in [0.2, 0.25) is 5.91 Å². The predicted octanol–water partition coefficient (Wildman–Crippen LogP) is 2.47. The van der Waals surface area contributed by atoms with Gasteiger partial charge in [-0.3, -0.25) is 4.79 Å². The zero-order chi connectivity index (χ0) is 19.9. The highest BCUT2D eigenvalue weighted by atomic mass is 32.2. The van der Waals surface area contributed by atoms with Gasteiger partial charge in [0.25, 0.3) is 10.0 Å². The number of hydrogen-bond acceptors (Lipinski definition) is 4. The summed E-state index contributed by atoms with van der Waals surface area (Å²) >= 11 is 0. The van der Waals surface area contributed by atoms with E-state index >= 15 is 0 Å². The maximum absolute atomic E-state index is 12.8. The van der Waals surface area contributed by atoms with Crippen molar-refractivity contribution < 1.29 is 18.0 Å². The monoisotopic (exact) mass is 405 g/mol. The number of piperidine rings is 1. The summed E-state index contributed by atoms with van der Waals surface area (Å²) in [6, 6.07) is 1.53. The van der Waals surface area contributed by atoms with Crippen LogP contribution in [0.5, 0.6) is 0 Å². The normalized spacial score (nSPS) is 21.4. The minimum absolute atomic E-state index is 0.178. The lowest BCUT2D eigenvalue weighted by atomic mass is 9.99. The molecule has 152 valence electrons. The van der Waals surface area contributed by atoms with E-state index < -0.39 is 21.4 Å². The van der Waals surface area contributed by atoms with E-state index in [0.29, 0.717) is 25.8 Å². The first-order valence-corrected chi connectivity index (χ1v) is 11.7. The van der Waals surface area contributed by atoms with Crippen LogP contribution in [0.2, 0.25) is 0 Å². The standard InChI is InChI=1S/C20H27N3O4S/c1-2-23-17(24)10-5-11-18(23)28(26,27)22-20(25)21-19-15-8-3-6-13(15)12-14-7-4-9-16(14)19/h12,18H,2-11H2,1H3,(H2,21,22,25). The van der Waals surface area contributed by atoms with Crippen LogP contribution in [0.4, 0.5) is 10.5 Å². The number of benzene rings is 1.